The molecule has 0 amide bonds. The lowest BCUT2D eigenvalue weighted by Gasteiger charge is -2.38. The van der Waals surface area contributed by atoms with Crippen molar-refractivity contribution in [3.8, 4) is 17.1 Å². The molecule has 1 unspecified atom stereocenters. The van der Waals surface area contributed by atoms with E-state index in [2.05, 4.69) is 19.8 Å². The van der Waals surface area contributed by atoms with Crippen LogP contribution in [0.3, 0.4) is 0 Å². The summed E-state index contributed by atoms with van der Waals surface area (Å²) in [6, 6.07) is 10.8. The first-order valence-electron chi connectivity index (χ1n) is 11.9. The van der Waals surface area contributed by atoms with Gasteiger partial charge in [-0.2, -0.15) is 5.10 Å². The van der Waals surface area contributed by atoms with Gasteiger partial charge >= 0.3 is 0 Å². The number of benzene rings is 1. The number of aliphatic hydroxyl groups excluding tert-OH is 1. The van der Waals surface area contributed by atoms with E-state index in [1.807, 2.05) is 39.0 Å². The van der Waals surface area contributed by atoms with Gasteiger partial charge in [0.15, 0.2) is 5.82 Å². The van der Waals surface area contributed by atoms with Gasteiger partial charge in [-0.05, 0) is 57.7 Å². The molecule has 10 heteroatoms. The Labute approximate surface area is 212 Å². The molecule has 0 aliphatic heterocycles. The van der Waals surface area contributed by atoms with Crippen LogP contribution in [-0.2, 0) is 18.0 Å². The maximum atomic E-state index is 13.2. The summed E-state index contributed by atoms with van der Waals surface area (Å²) < 4.78 is 30.6. The van der Waals surface area contributed by atoms with E-state index >= 15 is 0 Å². The summed E-state index contributed by atoms with van der Waals surface area (Å²) in [6.07, 6.45) is 6.05. The van der Waals surface area contributed by atoms with E-state index in [9.17, 15) is 14.0 Å². The molecule has 1 fully saturated rings. The molecule has 1 saturated carbocycles. The van der Waals surface area contributed by atoms with Gasteiger partial charge in [-0.25, -0.2) is 19.0 Å². The molecular formula is C26H29FN6O2S. The number of hydrogen-bond donors (Lipinski definition) is 2. The Balaban J connectivity index is 1.50. The molecule has 1 aliphatic rings. The van der Waals surface area contributed by atoms with Crippen LogP contribution in [0.25, 0.3) is 28.0 Å². The van der Waals surface area contributed by atoms with Gasteiger partial charge in [0, 0.05) is 22.3 Å². The summed E-state index contributed by atoms with van der Waals surface area (Å²) in [4.78, 5) is 13.7. The highest BCUT2D eigenvalue weighted by Gasteiger charge is 2.40. The molecule has 3 heterocycles. The normalized spacial score (nSPS) is 19.7. The third kappa shape index (κ3) is 4.99. The fraction of sp³-hybridized carbons (Fsp3) is 0.385. The van der Waals surface area contributed by atoms with Crippen molar-refractivity contribution in [2.75, 3.05) is 0 Å². The zero-order chi connectivity index (χ0) is 25.4. The number of fused-ring (bicyclic) bond motifs is 1. The predicted octanol–water partition coefficient (Wildman–Crippen LogP) is 4.21. The number of halogens is 1. The Hall–Kier alpha value is -2.92. The van der Waals surface area contributed by atoms with E-state index in [4.69, 9.17) is 4.98 Å². The molecular weight excluding hydrogens is 479 g/mol. The van der Waals surface area contributed by atoms with Crippen LogP contribution in [-0.4, -0.2) is 45.2 Å². The van der Waals surface area contributed by atoms with Gasteiger partial charge in [0.25, 0.3) is 0 Å². The number of rotatable bonds is 7. The van der Waals surface area contributed by atoms with E-state index in [0.717, 1.165) is 16.5 Å². The summed E-state index contributed by atoms with van der Waals surface area (Å²) in [7, 11) is 0. The van der Waals surface area contributed by atoms with Gasteiger partial charge in [0.05, 0.1) is 53.3 Å². The van der Waals surface area contributed by atoms with E-state index in [1.54, 1.807) is 41.5 Å². The second-order valence-corrected chi connectivity index (χ2v) is 12.1. The van der Waals surface area contributed by atoms with Gasteiger partial charge < -0.3 is 9.66 Å². The highest BCUT2D eigenvalue weighted by Crippen LogP contribution is 2.39. The van der Waals surface area contributed by atoms with Crippen molar-refractivity contribution in [2.24, 2.45) is 5.92 Å². The first-order chi connectivity index (χ1) is 17.2. The molecule has 5 rings (SSSR count). The van der Waals surface area contributed by atoms with E-state index in [0.29, 0.717) is 35.7 Å². The second-order valence-electron chi connectivity index (χ2n) is 10.1. The average molecular weight is 509 g/mol. The van der Waals surface area contributed by atoms with Crippen molar-refractivity contribution in [3.63, 3.8) is 0 Å². The number of aliphatic hydroxyl groups is 1. The van der Waals surface area contributed by atoms with Crippen LogP contribution in [0, 0.1) is 5.92 Å². The lowest BCUT2D eigenvalue weighted by molar-refractivity contribution is 0.0272. The number of nitrogens with zero attached hydrogens (tertiary/aromatic N) is 5. The molecule has 4 aromatic rings. The average Bonchev–Trinajstić information content (AvgIpc) is 3.28. The van der Waals surface area contributed by atoms with Crippen LogP contribution in [0.15, 0.2) is 55.0 Å². The number of alkyl halides is 1. The van der Waals surface area contributed by atoms with Crippen molar-refractivity contribution in [2.45, 2.75) is 57.2 Å². The van der Waals surface area contributed by atoms with Crippen molar-refractivity contribution >= 4 is 22.3 Å². The zero-order valence-electron chi connectivity index (χ0n) is 20.4. The Bertz CT molecular complexity index is 1370. The monoisotopic (exact) mass is 508 g/mol. The minimum atomic E-state index is -1.30. The van der Waals surface area contributed by atoms with E-state index < -0.39 is 22.8 Å². The highest BCUT2D eigenvalue weighted by atomic mass is 32.2. The van der Waals surface area contributed by atoms with Gasteiger partial charge in [0.2, 0.25) is 0 Å². The summed E-state index contributed by atoms with van der Waals surface area (Å²) in [5, 5.41) is 15.3. The van der Waals surface area contributed by atoms with E-state index in [1.165, 1.54) is 0 Å². The maximum Gasteiger partial charge on any atom is 0.154 e. The number of nitrogens with one attached hydrogen (secondary N) is 1. The lowest BCUT2D eigenvalue weighted by atomic mass is 9.76. The molecule has 0 saturated heterocycles. The molecule has 2 atom stereocenters. The molecule has 0 radical (unpaired) electrons. The van der Waals surface area contributed by atoms with Gasteiger partial charge in [0.1, 0.15) is 11.4 Å². The summed E-state index contributed by atoms with van der Waals surface area (Å²) >= 11 is -1.30. The van der Waals surface area contributed by atoms with Crippen molar-refractivity contribution < 1.29 is 14.0 Å². The molecule has 0 spiro atoms. The Morgan fingerprint density at radius 2 is 1.97 bits per heavy atom. The van der Waals surface area contributed by atoms with Gasteiger partial charge in [-0.15, -0.1) is 4.72 Å². The highest BCUT2D eigenvalue weighted by molar-refractivity contribution is 7.90. The first-order valence-corrected chi connectivity index (χ1v) is 13.1. The molecule has 188 valence electrons. The standard InChI is InChI=1S/C26H29FN6O2S/c1-26(2,3)36(35)32-25(18-9-20(34)10-18)22-15-28-14-21(31-22)16-7-8-17-13-29-33(23(17)11-16)24-6-4-5-19(12-27)30-24/h4-8,11,13-15,18,20,25,32,34H,9-10,12H2,1-3H3/t18?,20?,25?,36-/m1/s1. The molecule has 0 bridgehead atoms. The Kier molecular flexibility index (Phi) is 6.78. The van der Waals surface area contributed by atoms with Crippen molar-refractivity contribution in [3.05, 3.63) is 66.4 Å². The van der Waals surface area contributed by atoms with Crippen LogP contribution in [0.5, 0.6) is 0 Å². The van der Waals surface area contributed by atoms with Crippen LogP contribution in [0.4, 0.5) is 4.39 Å². The predicted molar refractivity (Wildman–Crippen MR) is 137 cm³/mol. The van der Waals surface area contributed by atoms with Gasteiger partial charge in [-0.1, -0.05) is 18.2 Å². The van der Waals surface area contributed by atoms with Crippen LogP contribution < -0.4 is 4.72 Å². The topological polar surface area (TPSA) is 112 Å². The lowest BCUT2D eigenvalue weighted by Crippen LogP contribution is -2.47. The smallest absolute Gasteiger partial charge is 0.154 e. The quantitative estimate of drug-likeness (QED) is 0.360. The minimum absolute atomic E-state index is 0.119. The summed E-state index contributed by atoms with van der Waals surface area (Å²) in [5.41, 5.74) is 3.35. The SMILES string of the molecule is CC(C)(C)[S@@+]([O-])NC(c1cncc(-c2ccc3cnn(-c4cccc(CF)n4)c3c2)n1)C1CC(O)C1. The van der Waals surface area contributed by atoms with Crippen LogP contribution in [0.2, 0.25) is 0 Å². The number of hydrogen-bond acceptors (Lipinski definition) is 7. The Morgan fingerprint density at radius 3 is 2.69 bits per heavy atom. The molecule has 3 aromatic heterocycles. The van der Waals surface area contributed by atoms with Crippen molar-refractivity contribution in [1.82, 2.24) is 29.5 Å². The van der Waals surface area contributed by atoms with Gasteiger partial charge in [-0.3, -0.25) is 4.98 Å². The zero-order valence-corrected chi connectivity index (χ0v) is 21.2. The molecule has 1 aliphatic carbocycles. The number of pyridine rings is 1. The third-order valence-electron chi connectivity index (χ3n) is 6.40. The molecule has 8 nitrogen and oxygen atoms in total. The Morgan fingerprint density at radius 1 is 1.17 bits per heavy atom. The van der Waals surface area contributed by atoms with E-state index in [-0.39, 0.29) is 18.1 Å². The second kappa shape index (κ2) is 9.85. The first kappa shape index (κ1) is 24.8. The van der Waals surface area contributed by atoms with Crippen LogP contribution >= 0.6 is 0 Å². The fourth-order valence-corrected chi connectivity index (χ4v) is 5.18. The largest absolute Gasteiger partial charge is 0.598 e. The molecule has 36 heavy (non-hydrogen) atoms. The fourth-order valence-electron chi connectivity index (χ4n) is 4.28. The minimum Gasteiger partial charge on any atom is -0.598 e. The maximum absolute atomic E-state index is 13.2. The van der Waals surface area contributed by atoms with Crippen molar-refractivity contribution in [1.29, 1.82) is 0 Å². The van der Waals surface area contributed by atoms with Crippen LogP contribution in [0.1, 0.15) is 51.0 Å². The molecule has 2 N–H and O–H groups in total. The third-order valence-corrected chi connectivity index (χ3v) is 7.98. The number of aromatic nitrogens is 5. The summed E-state index contributed by atoms with van der Waals surface area (Å²) in [5.74, 6) is 0.656. The molecule has 1 aromatic carbocycles. The summed E-state index contributed by atoms with van der Waals surface area (Å²) in [6.45, 7) is 5.11.